The number of ketones is 1. The van der Waals surface area contributed by atoms with Gasteiger partial charge in [-0.3, -0.25) is 9.69 Å². The first kappa shape index (κ1) is 11.3. The summed E-state index contributed by atoms with van der Waals surface area (Å²) in [5.74, 6) is 0.516. The molecular weight excluding hydrogens is 202 g/mol. The fourth-order valence-corrected chi connectivity index (χ4v) is 2.12. The van der Waals surface area contributed by atoms with Gasteiger partial charge < -0.3 is 5.11 Å². The molecule has 1 aromatic carbocycles. The van der Waals surface area contributed by atoms with E-state index >= 15 is 0 Å². The van der Waals surface area contributed by atoms with E-state index in [4.69, 9.17) is 5.11 Å². The Morgan fingerprint density at radius 1 is 1.38 bits per heavy atom. The molecule has 2 rings (SSSR count). The Morgan fingerprint density at radius 2 is 2.12 bits per heavy atom. The van der Waals surface area contributed by atoms with Gasteiger partial charge >= 0.3 is 0 Å². The minimum Gasteiger partial charge on any atom is -0.396 e. The summed E-state index contributed by atoms with van der Waals surface area (Å²) in [5.41, 5.74) is 0.773. The average Bonchev–Trinajstić information content (AvgIpc) is 2.78. The number of aliphatic hydroxyl groups excluding tert-OH is 1. The molecular formula is C13H17NO2. The molecule has 86 valence electrons. The number of hydrogen-bond donors (Lipinski definition) is 1. The van der Waals surface area contributed by atoms with Crippen LogP contribution in [0.3, 0.4) is 0 Å². The molecule has 0 unspecified atom stereocenters. The fraction of sp³-hybridized carbons (Fsp3) is 0.462. The highest BCUT2D eigenvalue weighted by Crippen LogP contribution is 2.15. The zero-order valence-corrected chi connectivity index (χ0v) is 9.30. The largest absolute Gasteiger partial charge is 0.396 e. The molecule has 0 radical (unpaired) electrons. The molecule has 0 saturated carbocycles. The van der Waals surface area contributed by atoms with Crippen molar-refractivity contribution in [3.63, 3.8) is 0 Å². The van der Waals surface area contributed by atoms with Crippen LogP contribution in [-0.4, -0.2) is 42.0 Å². The van der Waals surface area contributed by atoms with Crippen molar-refractivity contribution in [3.05, 3.63) is 35.9 Å². The van der Waals surface area contributed by atoms with Crippen molar-refractivity contribution in [2.24, 2.45) is 5.92 Å². The van der Waals surface area contributed by atoms with Crippen molar-refractivity contribution in [2.45, 2.75) is 6.42 Å². The Morgan fingerprint density at radius 3 is 2.75 bits per heavy atom. The molecule has 1 aliphatic rings. The molecule has 0 spiro atoms. The van der Waals surface area contributed by atoms with Crippen LogP contribution in [0.15, 0.2) is 30.3 Å². The zero-order chi connectivity index (χ0) is 11.4. The molecule has 0 aliphatic carbocycles. The predicted octanol–water partition coefficient (Wildman–Crippen LogP) is 1.18. The number of aliphatic hydroxyl groups is 1. The first-order chi connectivity index (χ1) is 7.79. The maximum absolute atomic E-state index is 11.9. The van der Waals surface area contributed by atoms with E-state index in [0.717, 1.165) is 25.1 Å². The topological polar surface area (TPSA) is 40.5 Å². The van der Waals surface area contributed by atoms with Crippen LogP contribution in [0.5, 0.6) is 0 Å². The van der Waals surface area contributed by atoms with E-state index in [-0.39, 0.29) is 12.4 Å². The van der Waals surface area contributed by atoms with Crippen molar-refractivity contribution in [2.75, 3.05) is 26.2 Å². The van der Waals surface area contributed by atoms with Gasteiger partial charge in [0.2, 0.25) is 0 Å². The second-order valence-corrected chi connectivity index (χ2v) is 4.36. The molecule has 16 heavy (non-hydrogen) atoms. The smallest absolute Gasteiger partial charge is 0.176 e. The lowest BCUT2D eigenvalue weighted by molar-refractivity contribution is 0.0940. The van der Waals surface area contributed by atoms with Gasteiger partial charge in [0.15, 0.2) is 5.78 Å². The minimum atomic E-state index is 0.166. The molecule has 3 heteroatoms. The van der Waals surface area contributed by atoms with E-state index in [0.29, 0.717) is 12.5 Å². The third-order valence-corrected chi connectivity index (χ3v) is 3.09. The molecule has 1 fully saturated rings. The maximum Gasteiger partial charge on any atom is 0.176 e. The van der Waals surface area contributed by atoms with Crippen LogP contribution in [0.2, 0.25) is 0 Å². The summed E-state index contributed by atoms with van der Waals surface area (Å²) in [7, 11) is 0. The van der Waals surface area contributed by atoms with Gasteiger partial charge in [-0.15, -0.1) is 0 Å². The summed E-state index contributed by atoms with van der Waals surface area (Å²) in [4.78, 5) is 14.0. The molecule has 1 N–H and O–H groups in total. The Labute approximate surface area is 95.7 Å². The number of carbonyl (C=O) groups is 1. The highest BCUT2D eigenvalue weighted by molar-refractivity contribution is 5.97. The molecule has 1 aliphatic heterocycles. The normalized spacial score (nSPS) is 21.2. The van der Waals surface area contributed by atoms with E-state index in [1.165, 1.54) is 0 Å². The quantitative estimate of drug-likeness (QED) is 0.773. The predicted molar refractivity (Wildman–Crippen MR) is 62.4 cm³/mol. The first-order valence-corrected chi connectivity index (χ1v) is 5.71. The number of hydrogen-bond acceptors (Lipinski definition) is 3. The average molecular weight is 219 g/mol. The summed E-state index contributed by atoms with van der Waals surface area (Å²) in [5, 5.41) is 9.02. The van der Waals surface area contributed by atoms with Crippen molar-refractivity contribution in [1.82, 2.24) is 4.90 Å². The number of likely N-dealkylation sites (tertiary alicyclic amines) is 1. The van der Waals surface area contributed by atoms with E-state index in [1.807, 2.05) is 30.3 Å². The second-order valence-electron chi connectivity index (χ2n) is 4.36. The van der Waals surface area contributed by atoms with Crippen molar-refractivity contribution < 1.29 is 9.90 Å². The number of carbonyl (C=O) groups excluding carboxylic acids is 1. The van der Waals surface area contributed by atoms with Crippen molar-refractivity contribution in [3.8, 4) is 0 Å². The maximum atomic E-state index is 11.9. The lowest BCUT2D eigenvalue weighted by atomic mass is 10.1. The summed E-state index contributed by atoms with van der Waals surface area (Å²) in [6.45, 7) is 2.47. The fourth-order valence-electron chi connectivity index (χ4n) is 2.12. The highest BCUT2D eigenvalue weighted by atomic mass is 16.3. The monoisotopic (exact) mass is 219 g/mol. The van der Waals surface area contributed by atoms with Crippen LogP contribution in [0.4, 0.5) is 0 Å². The molecule has 1 saturated heterocycles. The summed E-state index contributed by atoms with van der Waals surface area (Å²) >= 11 is 0. The standard InChI is InChI=1S/C13H17NO2/c15-10-11-6-7-14(8-11)9-13(16)12-4-2-1-3-5-12/h1-5,11,15H,6-10H2/t11-/m1/s1. The van der Waals surface area contributed by atoms with Gasteiger partial charge in [0.05, 0.1) is 6.54 Å². The SMILES string of the molecule is O=C(CN1CC[C@@H](CO)C1)c1ccccc1. The summed E-state index contributed by atoms with van der Waals surface area (Å²) in [6.07, 6.45) is 0.999. The van der Waals surface area contributed by atoms with E-state index < -0.39 is 0 Å². The minimum absolute atomic E-state index is 0.166. The Bertz CT molecular complexity index is 350. The van der Waals surface area contributed by atoms with E-state index in [2.05, 4.69) is 4.90 Å². The van der Waals surface area contributed by atoms with E-state index in [1.54, 1.807) is 0 Å². The lowest BCUT2D eigenvalue weighted by Gasteiger charge is -2.14. The molecule has 3 nitrogen and oxygen atoms in total. The number of benzene rings is 1. The van der Waals surface area contributed by atoms with Gasteiger partial charge in [-0.1, -0.05) is 30.3 Å². The Balaban J connectivity index is 1.89. The Kier molecular flexibility index (Phi) is 3.70. The first-order valence-electron chi connectivity index (χ1n) is 5.71. The van der Waals surface area contributed by atoms with Crippen LogP contribution in [0, 0.1) is 5.92 Å². The molecule has 1 heterocycles. The third kappa shape index (κ3) is 2.68. The van der Waals surface area contributed by atoms with Crippen molar-refractivity contribution in [1.29, 1.82) is 0 Å². The zero-order valence-electron chi connectivity index (χ0n) is 9.30. The molecule has 1 aromatic rings. The van der Waals surface area contributed by atoms with Gasteiger partial charge in [0.1, 0.15) is 0 Å². The second kappa shape index (κ2) is 5.23. The van der Waals surface area contributed by atoms with Crippen LogP contribution >= 0.6 is 0 Å². The van der Waals surface area contributed by atoms with Crippen LogP contribution < -0.4 is 0 Å². The van der Waals surface area contributed by atoms with Gasteiger partial charge in [-0.2, -0.15) is 0 Å². The van der Waals surface area contributed by atoms with Crippen LogP contribution in [0.25, 0.3) is 0 Å². The summed E-state index contributed by atoms with van der Waals surface area (Å²) in [6, 6.07) is 9.37. The third-order valence-electron chi connectivity index (χ3n) is 3.09. The van der Waals surface area contributed by atoms with Crippen LogP contribution in [0.1, 0.15) is 16.8 Å². The molecule has 0 amide bonds. The van der Waals surface area contributed by atoms with E-state index in [9.17, 15) is 4.79 Å². The van der Waals surface area contributed by atoms with Gasteiger partial charge in [-0.25, -0.2) is 0 Å². The molecule has 0 bridgehead atoms. The van der Waals surface area contributed by atoms with Gasteiger partial charge in [0.25, 0.3) is 0 Å². The Hall–Kier alpha value is -1.19. The summed E-state index contributed by atoms with van der Waals surface area (Å²) < 4.78 is 0. The number of nitrogens with zero attached hydrogens (tertiary/aromatic N) is 1. The van der Waals surface area contributed by atoms with Gasteiger partial charge in [-0.05, 0) is 18.9 Å². The number of Topliss-reactive ketones (excluding diaryl/α,β-unsaturated/α-hetero) is 1. The van der Waals surface area contributed by atoms with Crippen molar-refractivity contribution >= 4 is 5.78 Å². The molecule has 1 atom stereocenters. The highest BCUT2D eigenvalue weighted by Gasteiger charge is 2.23. The molecule has 0 aromatic heterocycles. The number of rotatable bonds is 4. The van der Waals surface area contributed by atoms with Gasteiger partial charge in [0, 0.05) is 18.7 Å². The lowest BCUT2D eigenvalue weighted by Crippen LogP contribution is -2.28. The van der Waals surface area contributed by atoms with Crippen LogP contribution in [-0.2, 0) is 0 Å².